The Morgan fingerprint density at radius 3 is 2.60 bits per heavy atom. The van der Waals surface area contributed by atoms with E-state index in [1.54, 1.807) is 20.4 Å². The molecule has 0 spiro atoms. The zero-order valence-corrected chi connectivity index (χ0v) is 17.5. The molecule has 0 radical (unpaired) electrons. The van der Waals surface area contributed by atoms with E-state index in [9.17, 15) is 4.79 Å². The van der Waals surface area contributed by atoms with E-state index in [1.165, 1.54) is 0 Å². The van der Waals surface area contributed by atoms with Crippen LogP contribution in [0.4, 0.5) is 0 Å². The number of nitrogens with one attached hydrogen (secondary N) is 1. The molecule has 5 nitrogen and oxygen atoms in total. The van der Waals surface area contributed by atoms with Gasteiger partial charge in [-0.25, -0.2) is 0 Å². The van der Waals surface area contributed by atoms with Crippen LogP contribution in [0.3, 0.4) is 0 Å². The number of hydrogen-bond acceptors (Lipinski definition) is 4. The Labute approximate surface area is 177 Å². The molecule has 5 heteroatoms. The highest BCUT2D eigenvalue weighted by atomic mass is 16.5. The van der Waals surface area contributed by atoms with Crippen LogP contribution < -0.4 is 10.1 Å². The Hall–Kier alpha value is -3.18. The number of methoxy groups -OCH3 is 1. The van der Waals surface area contributed by atoms with Crippen LogP contribution in [-0.2, 0) is 16.9 Å². The molecule has 1 atom stereocenters. The molecule has 1 aliphatic rings. The Kier molecular flexibility index (Phi) is 5.81. The van der Waals surface area contributed by atoms with Crippen LogP contribution in [-0.4, -0.2) is 36.5 Å². The van der Waals surface area contributed by atoms with Gasteiger partial charge in [0.15, 0.2) is 0 Å². The number of pyridine rings is 1. The minimum absolute atomic E-state index is 0.0168. The summed E-state index contributed by atoms with van der Waals surface area (Å²) < 4.78 is 5.66. The van der Waals surface area contributed by atoms with Crippen LogP contribution >= 0.6 is 0 Å². The molecular formula is C25H27N3O2. The van der Waals surface area contributed by atoms with Crippen LogP contribution in [0.2, 0.25) is 0 Å². The predicted octanol–water partition coefficient (Wildman–Crippen LogP) is 3.99. The molecule has 4 rings (SSSR count). The Morgan fingerprint density at radius 2 is 1.90 bits per heavy atom. The fourth-order valence-corrected chi connectivity index (χ4v) is 4.48. The largest absolute Gasteiger partial charge is 0.496 e. The Balaban J connectivity index is 1.74. The number of amides is 1. The Morgan fingerprint density at radius 1 is 1.10 bits per heavy atom. The minimum atomic E-state index is -0.774. The molecule has 2 aromatic carbocycles. The second-order valence-electron chi connectivity index (χ2n) is 7.57. The van der Waals surface area contributed by atoms with Gasteiger partial charge in [-0.3, -0.25) is 14.7 Å². The number of benzene rings is 2. The van der Waals surface area contributed by atoms with Crippen LogP contribution in [0.25, 0.3) is 11.1 Å². The molecule has 1 N–H and O–H groups in total. The number of nitrogens with zero attached hydrogens (tertiary/aromatic N) is 2. The molecular weight excluding hydrogens is 374 g/mol. The average Bonchev–Trinajstić information content (AvgIpc) is 3.24. The van der Waals surface area contributed by atoms with Crippen molar-refractivity contribution in [1.29, 1.82) is 0 Å². The number of likely N-dealkylation sites (tertiary alicyclic amines) is 1. The standard InChI is InChI=1S/C25H27N3O2/c1-26-24(29)25(23-11-6-7-15-27-23)14-8-16-28(25)18-21-17-20(12-13-22(21)30-2)19-9-4-3-5-10-19/h3-7,9-13,15,17H,8,14,16,18H2,1-2H3,(H,26,29)/t25-/m1/s1. The molecule has 1 aliphatic heterocycles. The molecule has 1 saturated heterocycles. The van der Waals surface area contributed by atoms with Crippen molar-refractivity contribution in [3.8, 4) is 16.9 Å². The first-order valence-electron chi connectivity index (χ1n) is 10.3. The van der Waals surface area contributed by atoms with Crippen molar-refractivity contribution in [3.63, 3.8) is 0 Å². The molecule has 0 unspecified atom stereocenters. The van der Waals surface area contributed by atoms with Crippen molar-refractivity contribution < 1.29 is 9.53 Å². The van der Waals surface area contributed by atoms with Gasteiger partial charge in [-0.05, 0) is 54.8 Å². The second kappa shape index (κ2) is 8.67. The van der Waals surface area contributed by atoms with Gasteiger partial charge in [0.05, 0.1) is 12.8 Å². The van der Waals surface area contributed by atoms with E-state index in [1.807, 2.05) is 42.5 Å². The van der Waals surface area contributed by atoms with Gasteiger partial charge < -0.3 is 10.1 Å². The first kappa shape index (κ1) is 20.1. The zero-order chi connectivity index (χ0) is 21.0. The number of ether oxygens (including phenoxy) is 1. The van der Waals surface area contributed by atoms with Gasteiger partial charge in [0.25, 0.3) is 0 Å². The third-order valence-electron chi connectivity index (χ3n) is 5.95. The molecule has 0 saturated carbocycles. The number of likely N-dealkylation sites (N-methyl/N-ethyl adjacent to an activating group) is 1. The first-order chi connectivity index (χ1) is 14.7. The van der Waals surface area contributed by atoms with Crippen molar-refractivity contribution in [2.45, 2.75) is 24.9 Å². The number of carbonyl (C=O) groups excluding carboxylic acids is 1. The third kappa shape index (κ3) is 3.57. The van der Waals surface area contributed by atoms with Gasteiger partial charge in [0, 0.05) is 25.4 Å². The lowest BCUT2D eigenvalue weighted by Gasteiger charge is -2.36. The number of hydrogen-bond donors (Lipinski definition) is 1. The smallest absolute Gasteiger partial charge is 0.246 e. The quantitative estimate of drug-likeness (QED) is 0.678. The molecule has 0 bridgehead atoms. The summed E-state index contributed by atoms with van der Waals surface area (Å²) in [5.41, 5.74) is 3.37. The van der Waals surface area contributed by atoms with Gasteiger partial charge in [-0.2, -0.15) is 0 Å². The van der Waals surface area contributed by atoms with Gasteiger partial charge in [0.2, 0.25) is 5.91 Å². The summed E-state index contributed by atoms with van der Waals surface area (Å²) in [5.74, 6) is 0.810. The molecule has 1 fully saturated rings. The molecule has 1 aromatic heterocycles. The van der Waals surface area contributed by atoms with Crippen LogP contribution in [0, 0.1) is 0 Å². The summed E-state index contributed by atoms with van der Waals surface area (Å²) >= 11 is 0. The fraction of sp³-hybridized carbons (Fsp3) is 0.280. The first-order valence-corrected chi connectivity index (χ1v) is 10.3. The summed E-state index contributed by atoms with van der Waals surface area (Å²) in [6, 6.07) is 22.3. The third-order valence-corrected chi connectivity index (χ3v) is 5.95. The highest BCUT2D eigenvalue weighted by Gasteiger charge is 2.49. The molecule has 3 aromatic rings. The average molecular weight is 402 g/mol. The van der Waals surface area contributed by atoms with Gasteiger partial charge in [0.1, 0.15) is 11.3 Å². The highest BCUT2D eigenvalue weighted by molar-refractivity contribution is 5.87. The maximum atomic E-state index is 13.2. The van der Waals surface area contributed by atoms with Crippen molar-refractivity contribution in [1.82, 2.24) is 15.2 Å². The number of carbonyl (C=O) groups is 1. The highest BCUT2D eigenvalue weighted by Crippen LogP contribution is 2.40. The van der Waals surface area contributed by atoms with E-state index in [2.05, 4.69) is 39.5 Å². The van der Waals surface area contributed by atoms with Crippen molar-refractivity contribution in [2.24, 2.45) is 0 Å². The normalized spacial score (nSPS) is 18.9. The lowest BCUT2D eigenvalue weighted by atomic mass is 9.89. The van der Waals surface area contributed by atoms with Crippen LogP contribution in [0.5, 0.6) is 5.75 Å². The summed E-state index contributed by atoms with van der Waals surface area (Å²) in [5, 5.41) is 2.88. The summed E-state index contributed by atoms with van der Waals surface area (Å²) in [6.07, 6.45) is 3.43. The Bertz CT molecular complexity index is 1010. The number of rotatable bonds is 6. The van der Waals surface area contributed by atoms with Crippen molar-refractivity contribution >= 4 is 5.91 Å². The van der Waals surface area contributed by atoms with E-state index in [-0.39, 0.29) is 5.91 Å². The summed E-state index contributed by atoms with van der Waals surface area (Å²) in [6.45, 7) is 1.43. The second-order valence-corrected chi connectivity index (χ2v) is 7.57. The van der Waals surface area contributed by atoms with Gasteiger partial charge in [-0.15, -0.1) is 0 Å². The molecule has 2 heterocycles. The molecule has 154 valence electrons. The summed E-state index contributed by atoms with van der Waals surface area (Å²) in [4.78, 5) is 20.0. The fourth-order valence-electron chi connectivity index (χ4n) is 4.48. The van der Waals surface area contributed by atoms with Gasteiger partial charge in [-0.1, -0.05) is 42.5 Å². The predicted molar refractivity (Wildman–Crippen MR) is 118 cm³/mol. The van der Waals surface area contributed by atoms with E-state index in [0.29, 0.717) is 6.54 Å². The maximum Gasteiger partial charge on any atom is 0.246 e. The van der Waals surface area contributed by atoms with Crippen LogP contribution in [0.15, 0.2) is 72.9 Å². The lowest BCUT2D eigenvalue weighted by molar-refractivity contribution is -0.132. The van der Waals surface area contributed by atoms with Crippen LogP contribution in [0.1, 0.15) is 24.1 Å². The van der Waals surface area contributed by atoms with E-state index in [0.717, 1.165) is 47.5 Å². The van der Waals surface area contributed by atoms with E-state index in [4.69, 9.17) is 4.74 Å². The van der Waals surface area contributed by atoms with E-state index >= 15 is 0 Å². The van der Waals surface area contributed by atoms with Gasteiger partial charge >= 0.3 is 0 Å². The molecule has 1 amide bonds. The van der Waals surface area contributed by atoms with E-state index < -0.39 is 5.54 Å². The minimum Gasteiger partial charge on any atom is -0.496 e. The lowest BCUT2D eigenvalue weighted by Crippen LogP contribution is -2.52. The SMILES string of the molecule is CNC(=O)[C@]1(c2ccccn2)CCCN1Cc1cc(-c2ccccc2)ccc1OC. The monoisotopic (exact) mass is 401 g/mol. The maximum absolute atomic E-state index is 13.2. The van der Waals surface area contributed by atoms with Crippen molar-refractivity contribution in [2.75, 3.05) is 20.7 Å². The number of aromatic nitrogens is 1. The molecule has 0 aliphatic carbocycles. The topological polar surface area (TPSA) is 54.5 Å². The molecule has 30 heavy (non-hydrogen) atoms. The van der Waals surface area contributed by atoms with Crippen molar-refractivity contribution in [3.05, 3.63) is 84.2 Å². The summed E-state index contributed by atoms with van der Waals surface area (Å²) in [7, 11) is 3.38. The zero-order valence-electron chi connectivity index (χ0n) is 17.5.